The number of hydrogen-bond donors (Lipinski definition) is 3. The van der Waals surface area contributed by atoms with E-state index >= 15 is 0 Å². The molecule has 0 radical (unpaired) electrons. The number of benzene rings is 1. The molecule has 0 aliphatic carbocycles. The number of ether oxygens (including phenoxy) is 1. The highest BCUT2D eigenvalue weighted by molar-refractivity contribution is 7.19. The van der Waals surface area contributed by atoms with Crippen LogP contribution in [0.4, 0.5) is 19.5 Å². The number of nitrogen functional groups attached to an aromatic ring is 1. The average Bonchev–Trinajstić information content (AvgIpc) is 3.07. The Labute approximate surface area is 169 Å². The maximum absolute atomic E-state index is 14.0. The SMILES string of the molecule is NCCCCOc1ncncc1NC(=O)c1nc(-c2c(F)cccc2F)sc1N. The van der Waals surface area contributed by atoms with Gasteiger partial charge in [0.05, 0.1) is 18.4 Å². The summed E-state index contributed by atoms with van der Waals surface area (Å²) in [4.78, 5) is 24.5. The Morgan fingerprint density at radius 2 is 2.00 bits per heavy atom. The Kier molecular flexibility index (Phi) is 6.62. The Bertz CT molecular complexity index is 994. The summed E-state index contributed by atoms with van der Waals surface area (Å²) in [5, 5.41) is 2.55. The average molecular weight is 420 g/mol. The summed E-state index contributed by atoms with van der Waals surface area (Å²) in [6, 6.07) is 3.44. The number of amides is 1. The molecule has 1 aromatic carbocycles. The topological polar surface area (TPSA) is 129 Å². The zero-order chi connectivity index (χ0) is 20.8. The summed E-state index contributed by atoms with van der Waals surface area (Å²) < 4.78 is 33.5. The van der Waals surface area contributed by atoms with Crippen LogP contribution in [0.5, 0.6) is 5.88 Å². The van der Waals surface area contributed by atoms with Gasteiger partial charge < -0.3 is 21.5 Å². The van der Waals surface area contributed by atoms with Gasteiger partial charge >= 0.3 is 0 Å². The molecule has 29 heavy (non-hydrogen) atoms. The summed E-state index contributed by atoms with van der Waals surface area (Å²) in [7, 11) is 0. The molecule has 1 amide bonds. The number of halogens is 2. The highest BCUT2D eigenvalue weighted by atomic mass is 32.1. The summed E-state index contributed by atoms with van der Waals surface area (Å²) in [6.45, 7) is 0.914. The first-order valence-corrected chi connectivity index (χ1v) is 9.47. The molecule has 0 saturated carbocycles. The van der Waals surface area contributed by atoms with Crippen molar-refractivity contribution in [1.29, 1.82) is 0 Å². The number of nitrogens with zero attached hydrogens (tertiary/aromatic N) is 3. The van der Waals surface area contributed by atoms with Gasteiger partial charge in [0.1, 0.15) is 33.7 Å². The molecule has 11 heteroatoms. The lowest BCUT2D eigenvalue weighted by molar-refractivity contribution is 0.102. The van der Waals surface area contributed by atoms with Gasteiger partial charge in [0.15, 0.2) is 5.69 Å². The number of anilines is 2. The van der Waals surface area contributed by atoms with Gasteiger partial charge in [-0.25, -0.2) is 18.7 Å². The Morgan fingerprint density at radius 1 is 1.24 bits per heavy atom. The first-order valence-electron chi connectivity index (χ1n) is 8.66. The molecule has 0 spiro atoms. The minimum atomic E-state index is -0.796. The van der Waals surface area contributed by atoms with Crippen molar-refractivity contribution in [2.24, 2.45) is 5.73 Å². The largest absolute Gasteiger partial charge is 0.476 e. The van der Waals surface area contributed by atoms with Crippen molar-refractivity contribution in [2.75, 3.05) is 24.2 Å². The van der Waals surface area contributed by atoms with Crippen molar-refractivity contribution >= 4 is 27.9 Å². The molecular weight excluding hydrogens is 402 g/mol. The molecule has 0 unspecified atom stereocenters. The van der Waals surface area contributed by atoms with Crippen molar-refractivity contribution in [1.82, 2.24) is 15.0 Å². The van der Waals surface area contributed by atoms with Crippen molar-refractivity contribution < 1.29 is 18.3 Å². The van der Waals surface area contributed by atoms with Gasteiger partial charge in [0.2, 0.25) is 5.88 Å². The van der Waals surface area contributed by atoms with E-state index in [1.54, 1.807) is 0 Å². The van der Waals surface area contributed by atoms with E-state index in [9.17, 15) is 13.6 Å². The van der Waals surface area contributed by atoms with Crippen molar-refractivity contribution in [3.8, 4) is 16.5 Å². The van der Waals surface area contributed by atoms with Crippen LogP contribution in [0.2, 0.25) is 0 Å². The number of carbonyl (C=O) groups excluding carboxylic acids is 1. The van der Waals surface area contributed by atoms with E-state index in [0.717, 1.165) is 36.3 Å². The number of carbonyl (C=O) groups is 1. The second-order valence-electron chi connectivity index (χ2n) is 5.87. The van der Waals surface area contributed by atoms with Crippen LogP contribution in [-0.4, -0.2) is 34.0 Å². The highest BCUT2D eigenvalue weighted by Crippen LogP contribution is 2.34. The van der Waals surface area contributed by atoms with Crippen LogP contribution >= 0.6 is 11.3 Å². The summed E-state index contributed by atoms with van der Waals surface area (Å²) in [5.74, 6) is -2.09. The zero-order valence-corrected chi connectivity index (χ0v) is 16.0. The molecule has 0 bridgehead atoms. The van der Waals surface area contributed by atoms with Crippen molar-refractivity contribution in [2.45, 2.75) is 12.8 Å². The van der Waals surface area contributed by atoms with Crippen molar-refractivity contribution in [3.05, 3.63) is 48.1 Å². The van der Waals surface area contributed by atoms with Gasteiger partial charge in [-0.05, 0) is 31.5 Å². The highest BCUT2D eigenvalue weighted by Gasteiger charge is 2.22. The van der Waals surface area contributed by atoms with Crippen molar-refractivity contribution in [3.63, 3.8) is 0 Å². The third-order valence-corrected chi connectivity index (χ3v) is 4.71. The summed E-state index contributed by atoms with van der Waals surface area (Å²) >= 11 is 0.810. The fourth-order valence-electron chi connectivity index (χ4n) is 2.42. The molecule has 0 saturated heterocycles. The van der Waals surface area contributed by atoms with E-state index in [4.69, 9.17) is 16.2 Å². The second-order valence-corrected chi connectivity index (χ2v) is 6.90. The van der Waals surface area contributed by atoms with Gasteiger partial charge in [-0.2, -0.15) is 4.98 Å². The van der Waals surface area contributed by atoms with E-state index in [1.165, 1.54) is 18.6 Å². The van der Waals surface area contributed by atoms with Gasteiger partial charge in [-0.15, -0.1) is 0 Å². The summed E-state index contributed by atoms with van der Waals surface area (Å²) in [6.07, 6.45) is 4.16. The third-order valence-electron chi connectivity index (χ3n) is 3.81. The fraction of sp³-hybridized carbons (Fsp3) is 0.222. The number of unbranched alkanes of at least 4 members (excludes halogenated alkanes) is 1. The summed E-state index contributed by atoms with van der Waals surface area (Å²) in [5.41, 5.74) is 11.0. The zero-order valence-electron chi connectivity index (χ0n) is 15.2. The number of rotatable bonds is 8. The molecule has 0 atom stereocenters. The van der Waals surface area contributed by atoms with E-state index in [-0.39, 0.29) is 32.8 Å². The third kappa shape index (κ3) is 4.81. The van der Waals surface area contributed by atoms with Crippen LogP contribution < -0.4 is 21.5 Å². The van der Waals surface area contributed by atoms with Crippen LogP contribution in [0.1, 0.15) is 23.3 Å². The van der Waals surface area contributed by atoms with Gasteiger partial charge in [-0.1, -0.05) is 17.4 Å². The molecule has 5 N–H and O–H groups in total. The lowest BCUT2D eigenvalue weighted by Gasteiger charge is -2.10. The van der Waals surface area contributed by atoms with Gasteiger partial charge in [0, 0.05) is 0 Å². The van der Waals surface area contributed by atoms with Crippen LogP contribution in [0.3, 0.4) is 0 Å². The number of hydrogen-bond acceptors (Lipinski definition) is 8. The molecular formula is C18H18F2N6O2S. The number of aromatic nitrogens is 3. The van der Waals surface area contributed by atoms with Crippen LogP contribution in [0.25, 0.3) is 10.6 Å². The second kappa shape index (κ2) is 9.34. The van der Waals surface area contributed by atoms with Gasteiger partial charge in [-0.3, -0.25) is 4.79 Å². The lowest BCUT2D eigenvalue weighted by atomic mass is 10.2. The standard InChI is InChI=1S/C18H18F2N6O2S/c19-10-4-3-5-11(20)13(10)18-26-14(15(22)29-18)16(27)25-12-8-23-9-24-17(12)28-7-2-1-6-21/h3-5,8-9H,1-2,6-7,21-22H2,(H,25,27). The minimum absolute atomic E-state index is 0.0161. The number of thiazole rings is 1. The smallest absolute Gasteiger partial charge is 0.277 e. The minimum Gasteiger partial charge on any atom is -0.476 e. The maximum atomic E-state index is 14.0. The van der Waals surface area contributed by atoms with E-state index in [0.29, 0.717) is 13.2 Å². The quantitative estimate of drug-likeness (QED) is 0.478. The molecule has 3 rings (SSSR count). The molecule has 2 aromatic heterocycles. The van der Waals surface area contributed by atoms with E-state index in [1.807, 2.05) is 0 Å². The molecule has 0 aliphatic rings. The predicted molar refractivity (Wildman–Crippen MR) is 106 cm³/mol. The van der Waals surface area contributed by atoms with Crippen LogP contribution in [-0.2, 0) is 0 Å². The normalized spacial score (nSPS) is 10.7. The molecule has 152 valence electrons. The molecule has 3 aromatic rings. The lowest BCUT2D eigenvalue weighted by Crippen LogP contribution is -2.16. The fourth-order valence-corrected chi connectivity index (χ4v) is 3.30. The Morgan fingerprint density at radius 3 is 2.72 bits per heavy atom. The Balaban J connectivity index is 1.80. The van der Waals surface area contributed by atoms with Crippen LogP contribution in [0.15, 0.2) is 30.7 Å². The molecule has 2 heterocycles. The monoisotopic (exact) mass is 420 g/mol. The maximum Gasteiger partial charge on any atom is 0.277 e. The van der Waals surface area contributed by atoms with Crippen LogP contribution in [0, 0.1) is 11.6 Å². The Hall–Kier alpha value is -3.18. The predicted octanol–water partition coefficient (Wildman–Crippen LogP) is 2.83. The first kappa shape index (κ1) is 20.6. The number of nitrogens with one attached hydrogen (secondary N) is 1. The molecule has 0 fully saturated rings. The first-order chi connectivity index (χ1) is 14.0. The van der Waals surface area contributed by atoms with E-state index < -0.39 is 17.5 Å². The molecule has 0 aliphatic heterocycles. The molecule has 8 nitrogen and oxygen atoms in total. The van der Waals surface area contributed by atoms with Gasteiger partial charge in [0.25, 0.3) is 5.91 Å². The number of nitrogens with two attached hydrogens (primary N) is 2. The van der Waals surface area contributed by atoms with E-state index in [2.05, 4.69) is 20.3 Å².